The second-order valence-electron chi connectivity index (χ2n) is 6.87. The number of amides is 2. The largest absolute Gasteiger partial charge is 0.496 e. The second kappa shape index (κ2) is 8.53. The van der Waals surface area contributed by atoms with Crippen LogP contribution >= 0.6 is 11.6 Å². The van der Waals surface area contributed by atoms with E-state index in [-0.39, 0.29) is 12.1 Å². The van der Waals surface area contributed by atoms with E-state index in [4.69, 9.17) is 16.3 Å². The summed E-state index contributed by atoms with van der Waals surface area (Å²) in [5.74, 6) is 0.791. The van der Waals surface area contributed by atoms with E-state index in [2.05, 4.69) is 16.3 Å². The minimum Gasteiger partial charge on any atom is -0.496 e. The Hall–Kier alpha value is -2.40. The van der Waals surface area contributed by atoms with Crippen molar-refractivity contribution in [2.45, 2.75) is 19.9 Å². The second-order valence-corrected chi connectivity index (χ2v) is 7.31. The maximum absolute atomic E-state index is 12.7. The van der Waals surface area contributed by atoms with Gasteiger partial charge in [-0.2, -0.15) is 0 Å². The maximum atomic E-state index is 12.7. The quantitative estimate of drug-likeness (QED) is 0.852. The lowest BCUT2D eigenvalue weighted by atomic mass is 10.0. The van der Waals surface area contributed by atoms with E-state index in [0.717, 1.165) is 40.7 Å². The van der Waals surface area contributed by atoms with Crippen molar-refractivity contribution in [1.29, 1.82) is 0 Å². The van der Waals surface area contributed by atoms with Gasteiger partial charge in [0.15, 0.2) is 0 Å². The van der Waals surface area contributed by atoms with Crippen LogP contribution in [-0.4, -0.2) is 44.2 Å². The molecule has 2 aromatic rings. The summed E-state index contributed by atoms with van der Waals surface area (Å²) in [6, 6.07) is 13.7. The van der Waals surface area contributed by atoms with Crippen molar-refractivity contribution in [3.05, 3.63) is 58.6 Å². The number of halogens is 1. The molecule has 1 fully saturated rings. The number of hydrogen-bond acceptors (Lipinski definition) is 3. The molecule has 1 saturated heterocycles. The zero-order valence-corrected chi connectivity index (χ0v) is 16.8. The Kier molecular flexibility index (Phi) is 6.11. The number of carbonyl (C=O) groups is 1. The van der Waals surface area contributed by atoms with Gasteiger partial charge in [-0.1, -0.05) is 35.4 Å². The van der Waals surface area contributed by atoms with E-state index >= 15 is 0 Å². The molecule has 1 atom stereocenters. The van der Waals surface area contributed by atoms with Gasteiger partial charge in [-0.15, -0.1) is 0 Å². The van der Waals surface area contributed by atoms with Crippen molar-refractivity contribution in [3.8, 4) is 5.75 Å². The van der Waals surface area contributed by atoms with Gasteiger partial charge in [0.1, 0.15) is 5.75 Å². The Balaban J connectivity index is 1.59. The molecule has 0 aromatic heterocycles. The Bertz CT molecular complexity index is 804. The van der Waals surface area contributed by atoms with Gasteiger partial charge in [0.25, 0.3) is 0 Å². The summed E-state index contributed by atoms with van der Waals surface area (Å²) in [6.07, 6.45) is 0. The molecule has 1 N–H and O–H groups in total. The Labute approximate surface area is 165 Å². The number of anilines is 1. The Morgan fingerprint density at radius 3 is 2.56 bits per heavy atom. The number of nitrogens with one attached hydrogen (secondary N) is 1. The molecule has 0 bridgehead atoms. The maximum Gasteiger partial charge on any atom is 0.317 e. The summed E-state index contributed by atoms with van der Waals surface area (Å²) < 4.78 is 5.44. The number of nitrogens with zero attached hydrogens (tertiary/aromatic N) is 2. The van der Waals surface area contributed by atoms with Crippen LogP contribution in [0, 0.1) is 6.92 Å². The van der Waals surface area contributed by atoms with Crippen LogP contribution in [0.5, 0.6) is 5.75 Å². The molecule has 2 aromatic carbocycles. The van der Waals surface area contributed by atoms with E-state index < -0.39 is 0 Å². The van der Waals surface area contributed by atoms with Crippen LogP contribution in [0.4, 0.5) is 10.5 Å². The first-order chi connectivity index (χ1) is 13.0. The van der Waals surface area contributed by atoms with Crippen LogP contribution in [0.1, 0.15) is 24.1 Å². The molecule has 2 amide bonds. The predicted octanol–water partition coefficient (Wildman–Crippen LogP) is 4.25. The van der Waals surface area contributed by atoms with Gasteiger partial charge in [-0.05, 0) is 38.1 Å². The van der Waals surface area contributed by atoms with Crippen LogP contribution in [0.3, 0.4) is 0 Å². The van der Waals surface area contributed by atoms with Crippen molar-refractivity contribution in [2.24, 2.45) is 0 Å². The highest BCUT2D eigenvalue weighted by molar-refractivity contribution is 6.30. The molecular formula is C21H26ClN3O2. The Morgan fingerprint density at radius 1 is 1.15 bits per heavy atom. The molecule has 3 rings (SSSR count). The summed E-state index contributed by atoms with van der Waals surface area (Å²) in [7, 11) is 1.65. The summed E-state index contributed by atoms with van der Waals surface area (Å²) in [4.78, 5) is 16.8. The lowest BCUT2D eigenvalue weighted by molar-refractivity contribution is 0.191. The fraction of sp³-hybridized carbons (Fsp3) is 0.381. The molecule has 1 heterocycles. The fourth-order valence-electron chi connectivity index (χ4n) is 3.39. The number of ether oxygens (including phenoxy) is 1. The van der Waals surface area contributed by atoms with Gasteiger partial charge in [-0.3, -0.25) is 0 Å². The number of benzene rings is 2. The smallest absolute Gasteiger partial charge is 0.317 e. The number of urea groups is 1. The lowest BCUT2D eigenvalue weighted by Crippen LogP contribution is -2.52. The van der Waals surface area contributed by atoms with Gasteiger partial charge < -0.3 is 19.9 Å². The zero-order chi connectivity index (χ0) is 19.4. The number of carbonyl (C=O) groups excluding carboxylic acids is 1. The first-order valence-corrected chi connectivity index (χ1v) is 9.56. The van der Waals surface area contributed by atoms with Crippen LogP contribution in [0.25, 0.3) is 0 Å². The Morgan fingerprint density at radius 2 is 1.89 bits per heavy atom. The van der Waals surface area contributed by atoms with E-state index in [9.17, 15) is 4.79 Å². The molecule has 1 aliphatic rings. The standard InChI is InChI=1S/C21H26ClN3O2/c1-15-7-8-20(27-3)19(13-15)16(2)23-21(26)25-11-9-24(10-12-25)18-6-4-5-17(22)14-18/h4-8,13-14,16H,9-12H2,1-3H3,(H,23,26). The van der Waals surface area contributed by atoms with Gasteiger partial charge >= 0.3 is 6.03 Å². The van der Waals surface area contributed by atoms with E-state index in [0.29, 0.717) is 13.1 Å². The summed E-state index contributed by atoms with van der Waals surface area (Å²) in [5, 5.41) is 3.83. The highest BCUT2D eigenvalue weighted by Gasteiger charge is 2.23. The number of methoxy groups -OCH3 is 1. The molecule has 0 aliphatic carbocycles. The summed E-state index contributed by atoms with van der Waals surface area (Å²) in [6.45, 7) is 6.95. The predicted molar refractivity (Wildman–Crippen MR) is 110 cm³/mol. The molecule has 5 nitrogen and oxygen atoms in total. The van der Waals surface area contributed by atoms with E-state index in [1.54, 1.807) is 7.11 Å². The van der Waals surface area contributed by atoms with Crippen LogP contribution < -0.4 is 15.0 Å². The van der Waals surface area contributed by atoms with Gasteiger partial charge in [0.2, 0.25) is 0 Å². The minimum absolute atomic E-state index is 0.0446. The molecule has 1 unspecified atom stereocenters. The summed E-state index contributed by atoms with van der Waals surface area (Å²) in [5.41, 5.74) is 3.23. The van der Waals surface area contributed by atoms with Crippen molar-refractivity contribution in [2.75, 3.05) is 38.2 Å². The minimum atomic E-state index is -0.127. The van der Waals surface area contributed by atoms with Crippen molar-refractivity contribution in [1.82, 2.24) is 10.2 Å². The summed E-state index contributed by atoms with van der Waals surface area (Å²) >= 11 is 6.08. The van der Waals surface area contributed by atoms with Crippen molar-refractivity contribution >= 4 is 23.3 Å². The first kappa shape index (κ1) is 19.4. The monoisotopic (exact) mass is 387 g/mol. The molecule has 1 aliphatic heterocycles. The van der Waals surface area contributed by atoms with Gasteiger partial charge in [0, 0.05) is 42.5 Å². The molecule has 27 heavy (non-hydrogen) atoms. The van der Waals surface area contributed by atoms with Crippen LogP contribution in [0.2, 0.25) is 5.02 Å². The normalized spacial score (nSPS) is 15.4. The number of rotatable bonds is 4. The van der Waals surface area contributed by atoms with Crippen molar-refractivity contribution in [3.63, 3.8) is 0 Å². The zero-order valence-electron chi connectivity index (χ0n) is 16.0. The van der Waals surface area contributed by atoms with E-state index in [1.807, 2.05) is 55.1 Å². The average Bonchev–Trinajstić information content (AvgIpc) is 2.68. The third-order valence-electron chi connectivity index (χ3n) is 4.93. The van der Waals surface area contributed by atoms with Crippen LogP contribution in [-0.2, 0) is 0 Å². The average molecular weight is 388 g/mol. The molecule has 6 heteroatoms. The van der Waals surface area contributed by atoms with Crippen molar-refractivity contribution < 1.29 is 9.53 Å². The van der Waals surface area contributed by atoms with E-state index in [1.165, 1.54) is 0 Å². The topological polar surface area (TPSA) is 44.8 Å². The number of hydrogen-bond donors (Lipinski definition) is 1. The molecule has 0 radical (unpaired) electrons. The van der Waals surface area contributed by atoms with Gasteiger partial charge in [-0.25, -0.2) is 4.79 Å². The fourth-order valence-corrected chi connectivity index (χ4v) is 3.57. The SMILES string of the molecule is COc1ccc(C)cc1C(C)NC(=O)N1CCN(c2cccc(Cl)c2)CC1. The highest BCUT2D eigenvalue weighted by Crippen LogP contribution is 2.26. The molecule has 144 valence electrons. The number of aryl methyl sites for hydroxylation is 1. The number of piperazine rings is 1. The third kappa shape index (κ3) is 4.66. The molecular weight excluding hydrogens is 362 g/mol. The van der Waals surface area contributed by atoms with Crippen LogP contribution in [0.15, 0.2) is 42.5 Å². The highest BCUT2D eigenvalue weighted by atomic mass is 35.5. The molecule has 0 spiro atoms. The molecule has 0 saturated carbocycles. The lowest BCUT2D eigenvalue weighted by Gasteiger charge is -2.36. The third-order valence-corrected chi connectivity index (χ3v) is 5.17. The first-order valence-electron chi connectivity index (χ1n) is 9.18. The van der Waals surface area contributed by atoms with Gasteiger partial charge in [0.05, 0.1) is 13.2 Å².